The van der Waals surface area contributed by atoms with Crippen LogP contribution in [0.5, 0.6) is 0 Å². The number of nitrogens with two attached hydrogens (primary N) is 1. The first kappa shape index (κ1) is 21.1. The monoisotopic (exact) mass is 351 g/mol. The van der Waals surface area contributed by atoms with Crippen LogP contribution in [-0.2, 0) is 19.2 Å². The molecule has 0 radical (unpaired) electrons. The molecule has 0 saturated heterocycles. The molecule has 0 fully saturated rings. The van der Waals surface area contributed by atoms with Crippen LogP contribution in [0, 0.1) is 0 Å². The molecule has 2 amide bonds. The van der Waals surface area contributed by atoms with Crippen molar-refractivity contribution in [2.45, 2.75) is 44.0 Å². The fourth-order valence-electron chi connectivity index (χ4n) is 1.48. The van der Waals surface area contributed by atoms with Crippen LogP contribution in [0.3, 0.4) is 0 Å². The van der Waals surface area contributed by atoms with Crippen molar-refractivity contribution < 1.29 is 34.5 Å². The van der Waals surface area contributed by atoms with E-state index in [1.54, 1.807) is 0 Å². The Bertz CT molecular complexity index is 458. The molecule has 0 aliphatic heterocycles. The van der Waals surface area contributed by atoms with Gasteiger partial charge in [0, 0.05) is 12.2 Å². The van der Waals surface area contributed by atoms with Gasteiger partial charge in [-0.1, -0.05) is 0 Å². The molecule has 23 heavy (non-hydrogen) atoms. The van der Waals surface area contributed by atoms with E-state index in [0.29, 0.717) is 0 Å². The van der Waals surface area contributed by atoms with Crippen molar-refractivity contribution in [3.8, 4) is 0 Å². The fourth-order valence-corrected chi connectivity index (χ4v) is 1.73. The zero-order valence-corrected chi connectivity index (χ0v) is 13.3. The SMILES string of the molecule is CC(O)C(N)C(=O)NC(CCC(=O)O)C(=O)NC(CS)C(=O)O. The van der Waals surface area contributed by atoms with Gasteiger partial charge in [-0.25, -0.2) is 4.79 Å². The summed E-state index contributed by atoms with van der Waals surface area (Å²) < 4.78 is 0. The molecule has 0 aromatic carbocycles. The van der Waals surface area contributed by atoms with Crippen LogP contribution < -0.4 is 16.4 Å². The number of carboxylic acid groups (broad SMARTS) is 2. The number of hydrogen-bond acceptors (Lipinski definition) is 7. The van der Waals surface area contributed by atoms with Gasteiger partial charge in [0.15, 0.2) is 0 Å². The van der Waals surface area contributed by atoms with Crippen molar-refractivity contribution in [1.82, 2.24) is 10.6 Å². The third-order valence-corrected chi connectivity index (χ3v) is 3.26. The van der Waals surface area contributed by atoms with E-state index < -0.39 is 54.4 Å². The second-order valence-corrected chi connectivity index (χ2v) is 5.21. The second kappa shape index (κ2) is 10.0. The molecule has 0 aromatic heterocycles. The van der Waals surface area contributed by atoms with Gasteiger partial charge < -0.3 is 31.7 Å². The molecule has 0 aliphatic rings. The van der Waals surface area contributed by atoms with Crippen LogP contribution >= 0.6 is 12.6 Å². The molecule has 4 unspecified atom stereocenters. The number of aliphatic carboxylic acids is 2. The van der Waals surface area contributed by atoms with Crippen molar-refractivity contribution in [3.05, 3.63) is 0 Å². The Kier molecular flexibility index (Phi) is 9.22. The van der Waals surface area contributed by atoms with Gasteiger partial charge in [-0.05, 0) is 13.3 Å². The number of rotatable bonds is 10. The minimum atomic E-state index is -1.32. The highest BCUT2D eigenvalue weighted by Crippen LogP contribution is 2.02. The van der Waals surface area contributed by atoms with Crippen molar-refractivity contribution >= 4 is 36.4 Å². The van der Waals surface area contributed by atoms with Crippen LogP contribution in [-0.4, -0.2) is 69.1 Å². The summed E-state index contributed by atoms with van der Waals surface area (Å²) in [6.07, 6.45) is -1.87. The van der Waals surface area contributed by atoms with Gasteiger partial charge in [-0.15, -0.1) is 0 Å². The smallest absolute Gasteiger partial charge is 0.327 e. The van der Waals surface area contributed by atoms with E-state index in [2.05, 4.69) is 23.3 Å². The number of carbonyl (C=O) groups excluding carboxylic acids is 2. The Hall–Kier alpha value is -1.85. The summed E-state index contributed by atoms with van der Waals surface area (Å²) >= 11 is 3.78. The number of aliphatic hydroxyl groups is 1. The van der Waals surface area contributed by atoms with E-state index >= 15 is 0 Å². The van der Waals surface area contributed by atoms with E-state index in [0.717, 1.165) is 0 Å². The summed E-state index contributed by atoms with van der Waals surface area (Å²) in [5, 5.41) is 31.1. The van der Waals surface area contributed by atoms with E-state index in [-0.39, 0.29) is 12.2 Å². The summed E-state index contributed by atoms with van der Waals surface area (Å²) in [7, 11) is 0. The largest absolute Gasteiger partial charge is 0.481 e. The fraction of sp³-hybridized carbons (Fsp3) is 0.667. The molecule has 0 saturated carbocycles. The van der Waals surface area contributed by atoms with Crippen LogP contribution in [0.1, 0.15) is 19.8 Å². The predicted molar refractivity (Wildman–Crippen MR) is 81.9 cm³/mol. The van der Waals surface area contributed by atoms with Gasteiger partial charge in [0.05, 0.1) is 6.10 Å². The Labute approximate surface area is 137 Å². The Morgan fingerprint density at radius 3 is 2.00 bits per heavy atom. The number of aliphatic hydroxyl groups excluding tert-OH is 1. The summed E-state index contributed by atoms with van der Waals surface area (Å²) in [4.78, 5) is 45.3. The molecule has 7 N–H and O–H groups in total. The lowest BCUT2D eigenvalue weighted by atomic mass is 10.1. The van der Waals surface area contributed by atoms with E-state index in [1.165, 1.54) is 6.92 Å². The van der Waals surface area contributed by atoms with Crippen molar-refractivity contribution in [2.75, 3.05) is 5.75 Å². The number of carbonyl (C=O) groups is 4. The predicted octanol–water partition coefficient (Wildman–Crippen LogP) is -2.46. The van der Waals surface area contributed by atoms with E-state index in [1.807, 2.05) is 0 Å². The minimum Gasteiger partial charge on any atom is -0.481 e. The van der Waals surface area contributed by atoms with Gasteiger partial charge in [0.2, 0.25) is 11.8 Å². The van der Waals surface area contributed by atoms with Gasteiger partial charge in [-0.3, -0.25) is 14.4 Å². The highest BCUT2D eigenvalue weighted by molar-refractivity contribution is 7.80. The molecule has 0 rings (SSSR count). The van der Waals surface area contributed by atoms with Crippen LogP contribution in [0.25, 0.3) is 0 Å². The molecule has 132 valence electrons. The third kappa shape index (κ3) is 7.81. The van der Waals surface area contributed by atoms with Crippen LogP contribution in [0.2, 0.25) is 0 Å². The molecule has 0 heterocycles. The zero-order chi connectivity index (χ0) is 18.2. The molecule has 0 spiro atoms. The highest BCUT2D eigenvalue weighted by atomic mass is 32.1. The minimum absolute atomic E-state index is 0.187. The third-order valence-electron chi connectivity index (χ3n) is 2.90. The average molecular weight is 351 g/mol. The molecule has 10 nitrogen and oxygen atoms in total. The van der Waals surface area contributed by atoms with Gasteiger partial charge in [0.25, 0.3) is 0 Å². The Morgan fingerprint density at radius 2 is 1.61 bits per heavy atom. The van der Waals surface area contributed by atoms with Gasteiger partial charge in [-0.2, -0.15) is 12.6 Å². The van der Waals surface area contributed by atoms with E-state index in [4.69, 9.17) is 15.9 Å². The number of hydrogen-bond donors (Lipinski definition) is 7. The normalized spacial score (nSPS) is 15.8. The topological polar surface area (TPSA) is 179 Å². The lowest BCUT2D eigenvalue weighted by Gasteiger charge is -2.22. The second-order valence-electron chi connectivity index (χ2n) is 4.84. The van der Waals surface area contributed by atoms with Gasteiger partial charge >= 0.3 is 11.9 Å². The first-order valence-electron chi connectivity index (χ1n) is 6.70. The quantitative estimate of drug-likeness (QED) is 0.212. The number of thiol groups is 1. The molecule has 0 aromatic rings. The summed E-state index contributed by atoms with van der Waals surface area (Å²) in [6, 6.07) is -3.90. The first-order chi connectivity index (χ1) is 10.6. The maximum absolute atomic E-state index is 12.0. The molecular formula is C12H21N3O7S. The molecule has 0 aliphatic carbocycles. The average Bonchev–Trinajstić information content (AvgIpc) is 2.46. The summed E-state index contributed by atoms with van der Waals surface area (Å²) in [6.45, 7) is 1.28. The molecule has 4 atom stereocenters. The van der Waals surface area contributed by atoms with E-state index in [9.17, 15) is 24.3 Å². The number of nitrogens with one attached hydrogen (secondary N) is 2. The van der Waals surface area contributed by atoms with Crippen molar-refractivity contribution in [1.29, 1.82) is 0 Å². The first-order valence-corrected chi connectivity index (χ1v) is 7.33. The standard InChI is InChI=1S/C12H21N3O7S/c1-5(16)9(13)11(20)14-6(2-3-8(17)18)10(19)15-7(4-23)12(21)22/h5-7,9,16,23H,2-4,13H2,1H3,(H,14,20)(H,15,19)(H,17,18)(H,21,22). The molecule has 11 heteroatoms. The number of carboxylic acids is 2. The lowest BCUT2D eigenvalue weighted by Crippen LogP contribution is -2.56. The maximum Gasteiger partial charge on any atom is 0.327 e. The number of amides is 2. The maximum atomic E-state index is 12.0. The van der Waals surface area contributed by atoms with Crippen LogP contribution in [0.15, 0.2) is 0 Å². The zero-order valence-electron chi connectivity index (χ0n) is 12.4. The van der Waals surface area contributed by atoms with Crippen molar-refractivity contribution in [2.24, 2.45) is 5.73 Å². The Morgan fingerprint density at radius 1 is 1.09 bits per heavy atom. The molecule has 0 bridgehead atoms. The van der Waals surface area contributed by atoms with Gasteiger partial charge in [0.1, 0.15) is 18.1 Å². The van der Waals surface area contributed by atoms with Crippen LogP contribution in [0.4, 0.5) is 0 Å². The lowest BCUT2D eigenvalue weighted by molar-refractivity contribution is -0.142. The summed E-state index contributed by atoms with van der Waals surface area (Å²) in [5.74, 6) is -4.44. The molecular weight excluding hydrogens is 330 g/mol. The highest BCUT2D eigenvalue weighted by Gasteiger charge is 2.28. The Balaban J connectivity index is 4.98. The summed E-state index contributed by atoms with van der Waals surface area (Å²) in [5.41, 5.74) is 5.42. The van der Waals surface area contributed by atoms with Crippen molar-refractivity contribution in [3.63, 3.8) is 0 Å².